The van der Waals surface area contributed by atoms with Crippen LogP contribution in [0.5, 0.6) is 0 Å². The Hall–Kier alpha value is -2.70. The van der Waals surface area contributed by atoms with Gasteiger partial charge in [0.2, 0.25) is 0 Å². The number of nitrogens with one attached hydrogen (secondary N) is 1. The number of carbonyl (C=O) groups excluding carboxylic acids is 2. The monoisotopic (exact) mass is 272 g/mol. The summed E-state index contributed by atoms with van der Waals surface area (Å²) in [6.07, 6.45) is 1.46. The van der Waals surface area contributed by atoms with Crippen molar-refractivity contribution in [3.8, 4) is 0 Å². The zero-order chi connectivity index (χ0) is 14.1. The molecule has 0 spiro atoms. The van der Waals surface area contributed by atoms with E-state index >= 15 is 0 Å². The van der Waals surface area contributed by atoms with Crippen LogP contribution >= 0.6 is 0 Å². The van der Waals surface area contributed by atoms with Gasteiger partial charge in [-0.05, 0) is 12.1 Å². The van der Waals surface area contributed by atoms with Crippen molar-refractivity contribution in [2.75, 3.05) is 7.11 Å². The van der Waals surface area contributed by atoms with Crippen LogP contribution in [-0.2, 0) is 14.3 Å². The molecule has 1 N–H and O–H groups in total. The van der Waals surface area contributed by atoms with Gasteiger partial charge in [-0.1, -0.05) is 12.1 Å². The number of amides is 1. The molecular weight excluding hydrogens is 260 g/mol. The van der Waals surface area contributed by atoms with E-state index in [1.54, 1.807) is 4.90 Å². The Kier molecular flexibility index (Phi) is 2.94. The third kappa shape index (κ3) is 1.93. The minimum atomic E-state index is -0.702. The van der Waals surface area contributed by atoms with Gasteiger partial charge in [0, 0.05) is 5.56 Å². The Bertz CT molecular complexity index is 638. The van der Waals surface area contributed by atoms with E-state index in [2.05, 4.69) is 20.3 Å². The zero-order valence-corrected chi connectivity index (χ0v) is 10.7. The van der Waals surface area contributed by atoms with Crippen LogP contribution in [-0.4, -0.2) is 42.1 Å². The molecule has 7 nitrogen and oxygen atoms in total. The minimum Gasteiger partial charge on any atom is -0.469 e. The molecule has 0 radical (unpaired) electrons. The van der Waals surface area contributed by atoms with E-state index in [4.69, 9.17) is 0 Å². The van der Waals surface area contributed by atoms with E-state index in [9.17, 15) is 9.59 Å². The van der Waals surface area contributed by atoms with Gasteiger partial charge in [-0.2, -0.15) is 5.10 Å². The molecule has 1 amide bonds. The lowest BCUT2D eigenvalue weighted by Gasteiger charge is -2.34. The van der Waals surface area contributed by atoms with E-state index in [-0.39, 0.29) is 12.3 Å². The summed E-state index contributed by atoms with van der Waals surface area (Å²) in [6.45, 7) is 0. The zero-order valence-electron chi connectivity index (χ0n) is 10.7. The number of nitrogens with zero attached hydrogens (tertiary/aromatic N) is 3. The van der Waals surface area contributed by atoms with Crippen LogP contribution in [0.2, 0.25) is 0 Å². The number of methoxy groups -OCH3 is 1. The Morgan fingerprint density at radius 1 is 1.45 bits per heavy atom. The molecule has 0 bridgehead atoms. The van der Waals surface area contributed by atoms with Crippen molar-refractivity contribution in [1.29, 1.82) is 0 Å². The van der Waals surface area contributed by atoms with Crippen molar-refractivity contribution < 1.29 is 14.3 Å². The molecule has 0 saturated carbocycles. The minimum absolute atomic E-state index is 0.0600. The number of hydrazone groups is 1. The number of rotatable bonds is 2. The fraction of sp³-hybridized carbons (Fsp3) is 0.231. The summed E-state index contributed by atoms with van der Waals surface area (Å²) in [4.78, 5) is 29.2. The first-order valence-corrected chi connectivity index (χ1v) is 6.07. The van der Waals surface area contributed by atoms with Crippen molar-refractivity contribution in [3.05, 3.63) is 29.8 Å². The third-order valence-corrected chi connectivity index (χ3v) is 3.21. The van der Waals surface area contributed by atoms with Crippen molar-refractivity contribution in [3.63, 3.8) is 0 Å². The molecular formula is C13H12N4O3. The Balaban J connectivity index is 1.98. The van der Waals surface area contributed by atoms with E-state index in [1.807, 2.05) is 24.3 Å². The summed E-state index contributed by atoms with van der Waals surface area (Å²) in [6, 6.07) is 6.76. The number of aliphatic imine (C=N–C) groups is 1. The first-order chi connectivity index (χ1) is 9.70. The fourth-order valence-corrected chi connectivity index (χ4v) is 2.18. The molecule has 20 heavy (non-hydrogen) atoms. The van der Waals surface area contributed by atoms with E-state index in [0.717, 1.165) is 11.3 Å². The third-order valence-electron chi connectivity index (χ3n) is 3.21. The molecule has 2 heterocycles. The number of benzene rings is 1. The van der Waals surface area contributed by atoms with Crippen molar-refractivity contribution in [2.24, 2.45) is 10.1 Å². The maximum atomic E-state index is 11.9. The van der Waals surface area contributed by atoms with E-state index < -0.39 is 12.0 Å². The van der Waals surface area contributed by atoms with E-state index in [1.165, 1.54) is 13.4 Å². The average Bonchev–Trinajstić information content (AvgIpc) is 2.49. The molecule has 2 aliphatic rings. The number of para-hydroxylation sites is 1. The molecule has 2 aliphatic heterocycles. The van der Waals surface area contributed by atoms with Gasteiger partial charge in [-0.3, -0.25) is 9.59 Å². The van der Waals surface area contributed by atoms with Gasteiger partial charge in [0.15, 0.2) is 5.84 Å². The normalized spacial score (nSPS) is 19.6. The maximum absolute atomic E-state index is 11.9. The van der Waals surface area contributed by atoms with Crippen molar-refractivity contribution in [2.45, 2.75) is 12.5 Å². The molecule has 0 unspecified atom stereocenters. The Morgan fingerprint density at radius 2 is 2.25 bits per heavy atom. The predicted molar refractivity (Wildman–Crippen MR) is 71.5 cm³/mol. The largest absolute Gasteiger partial charge is 0.469 e. The molecule has 1 aromatic carbocycles. The standard InChI is InChI=1S/C13H12N4O3/c1-20-11(18)6-10-13(19)16-15-12-8-4-2-3-5-9(8)14-7-17(10)12/h2-5,7,10H,6H2,1H3,(H,16,19)/t10-/m0/s1. The van der Waals surface area contributed by atoms with Crippen LogP contribution in [0.1, 0.15) is 12.0 Å². The summed E-state index contributed by atoms with van der Waals surface area (Å²) < 4.78 is 4.62. The summed E-state index contributed by atoms with van der Waals surface area (Å²) in [5.74, 6) is -0.243. The molecule has 1 atom stereocenters. The van der Waals surface area contributed by atoms with Crippen LogP contribution in [0.25, 0.3) is 0 Å². The van der Waals surface area contributed by atoms with Crippen LogP contribution in [0.4, 0.5) is 5.69 Å². The first kappa shape index (κ1) is 12.3. The lowest BCUT2D eigenvalue weighted by Crippen LogP contribution is -2.54. The molecule has 102 valence electrons. The SMILES string of the molecule is COC(=O)C[C@H]1C(=O)NN=C2c3ccccc3N=CN21. The molecule has 0 fully saturated rings. The maximum Gasteiger partial charge on any atom is 0.308 e. The highest BCUT2D eigenvalue weighted by molar-refractivity contribution is 6.14. The molecule has 7 heteroatoms. The second-order valence-electron chi connectivity index (χ2n) is 4.38. The quantitative estimate of drug-likeness (QED) is 0.789. The average molecular weight is 272 g/mol. The molecule has 0 aliphatic carbocycles. The Labute approximate surface area is 114 Å². The van der Waals surface area contributed by atoms with Crippen LogP contribution < -0.4 is 5.43 Å². The van der Waals surface area contributed by atoms with Gasteiger partial charge in [0.05, 0.1) is 25.6 Å². The van der Waals surface area contributed by atoms with E-state index in [0.29, 0.717) is 5.84 Å². The molecule has 3 rings (SSSR count). The number of carbonyl (C=O) groups is 2. The van der Waals surface area contributed by atoms with Gasteiger partial charge < -0.3 is 9.64 Å². The smallest absolute Gasteiger partial charge is 0.308 e. The van der Waals surface area contributed by atoms with Gasteiger partial charge >= 0.3 is 5.97 Å². The predicted octanol–water partition coefficient (Wildman–Crippen LogP) is 0.385. The van der Waals surface area contributed by atoms with Gasteiger partial charge in [-0.25, -0.2) is 10.4 Å². The number of hydrogen-bond donors (Lipinski definition) is 1. The number of amidine groups is 1. The molecule has 0 saturated heterocycles. The summed E-state index contributed by atoms with van der Waals surface area (Å²) in [7, 11) is 1.29. The topological polar surface area (TPSA) is 83.4 Å². The number of esters is 1. The highest BCUT2D eigenvalue weighted by Crippen LogP contribution is 2.27. The van der Waals surface area contributed by atoms with Crippen LogP contribution in [0, 0.1) is 0 Å². The van der Waals surface area contributed by atoms with Crippen LogP contribution in [0.15, 0.2) is 34.4 Å². The van der Waals surface area contributed by atoms with Crippen molar-refractivity contribution in [1.82, 2.24) is 10.3 Å². The summed E-state index contributed by atoms with van der Waals surface area (Å²) in [5.41, 5.74) is 4.02. The summed E-state index contributed by atoms with van der Waals surface area (Å²) in [5, 5.41) is 4.06. The molecule has 0 aromatic heterocycles. The van der Waals surface area contributed by atoms with Gasteiger partial charge in [0.25, 0.3) is 5.91 Å². The second-order valence-corrected chi connectivity index (χ2v) is 4.38. The van der Waals surface area contributed by atoms with Crippen LogP contribution in [0.3, 0.4) is 0 Å². The lowest BCUT2D eigenvalue weighted by molar-refractivity contribution is -0.143. The highest BCUT2D eigenvalue weighted by atomic mass is 16.5. The Morgan fingerprint density at radius 3 is 3.05 bits per heavy atom. The summed E-state index contributed by atoms with van der Waals surface area (Å²) >= 11 is 0. The lowest BCUT2D eigenvalue weighted by atomic mass is 10.1. The van der Waals surface area contributed by atoms with Crippen molar-refractivity contribution >= 4 is 29.7 Å². The number of ether oxygens (including phenoxy) is 1. The molecule has 1 aromatic rings. The van der Waals surface area contributed by atoms with Gasteiger partial charge in [0.1, 0.15) is 6.04 Å². The first-order valence-electron chi connectivity index (χ1n) is 6.07. The number of fused-ring (bicyclic) bond motifs is 3. The fourth-order valence-electron chi connectivity index (χ4n) is 2.18. The second kappa shape index (κ2) is 4.76. The highest BCUT2D eigenvalue weighted by Gasteiger charge is 2.36. The van der Waals surface area contributed by atoms with Gasteiger partial charge in [-0.15, -0.1) is 0 Å². The number of hydrogen-bond acceptors (Lipinski definition) is 6.